The van der Waals surface area contributed by atoms with E-state index >= 15 is 0 Å². The first-order valence-corrected chi connectivity index (χ1v) is 13.5. The lowest BCUT2D eigenvalue weighted by atomic mass is 9.43. The molecule has 0 bridgehead atoms. The summed E-state index contributed by atoms with van der Waals surface area (Å²) in [6.45, 7) is 14.8. The summed E-state index contributed by atoms with van der Waals surface area (Å²) in [5.41, 5.74) is 2.24. The number of methoxy groups -OCH3 is 1. The lowest BCUT2D eigenvalue weighted by Crippen LogP contribution is -2.55. The Bertz CT molecular complexity index is 682. The van der Waals surface area contributed by atoms with E-state index in [0.29, 0.717) is 29.3 Å². The van der Waals surface area contributed by atoms with Gasteiger partial charge < -0.3 is 9.84 Å². The van der Waals surface area contributed by atoms with Gasteiger partial charge in [0.1, 0.15) is 0 Å². The SMILES string of the molecule is CO[C@H]1CC[C@@]2(C)[C@@H](CC=C3[C@@H]2CC[C@]2(C)[C@@H]([C@H](C)CCCC(C)C)C[C@@H](O)[C@@]32C)C1. The van der Waals surface area contributed by atoms with Gasteiger partial charge in [0, 0.05) is 12.5 Å². The third-order valence-corrected chi connectivity index (χ3v) is 11.4. The average molecular weight is 431 g/mol. The van der Waals surface area contributed by atoms with Gasteiger partial charge in [-0.3, -0.25) is 0 Å². The molecule has 0 heterocycles. The molecule has 9 atom stereocenters. The van der Waals surface area contributed by atoms with Crippen molar-refractivity contribution in [1.29, 1.82) is 0 Å². The van der Waals surface area contributed by atoms with Crippen molar-refractivity contribution < 1.29 is 9.84 Å². The molecule has 1 N–H and O–H groups in total. The minimum absolute atomic E-state index is 0.0427. The van der Waals surface area contributed by atoms with Crippen LogP contribution >= 0.6 is 0 Å². The molecule has 0 aromatic carbocycles. The van der Waals surface area contributed by atoms with E-state index in [1.165, 1.54) is 57.8 Å². The van der Waals surface area contributed by atoms with Crippen LogP contribution in [0.4, 0.5) is 0 Å². The largest absolute Gasteiger partial charge is 0.392 e. The molecule has 4 rings (SSSR count). The van der Waals surface area contributed by atoms with Crippen LogP contribution in [0.15, 0.2) is 11.6 Å². The van der Waals surface area contributed by atoms with Gasteiger partial charge in [-0.2, -0.15) is 0 Å². The lowest BCUT2D eigenvalue weighted by molar-refractivity contribution is -0.0865. The number of rotatable bonds is 6. The summed E-state index contributed by atoms with van der Waals surface area (Å²) in [6.07, 6.45) is 15.4. The molecule has 0 saturated heterocycles. The zero-order valence-electron chi connectivity index (χ0n) is 21.5. The van der Waals surface area contributed by atoms with E-state index in [1.54, 1.807) is 5.57 Å². The van der Waals surface area contributed by atoms with Crippen molar-refractivity contribution in [3.8, 4) is 0 Å². The van der Waals surface area contributed by atoms with Crippen molar-refractivity contribution >= 4 is 0 Å². The second-order valence-corrected chi connectivity index (χ2v) is 13.1. The van der Waals surface area contributed by atoms with Crippen molar-refractivity contribution in [1.82, 2.24) is 0 Å². The highest BCUT2D eigenvalue weighted by Gasteiger charge is 2.66. The normalized spacial score (nSPS) is 48.0. The van der Waals surface area contributed by atoms with Gasteiger partial charge >= 0.3 is 0 Å². The summed E-state index contributed by atoms with van der Waals surface area (Å²) < 4.78 is 5.77. The highest BCUT2D eigenvalue weighted by molar-refractivity contribution is 5.34. The van der Waals surface area contributed by atoms with Crippen LogP contribution < -0.4 is 0 Å². The average Bonchev–Trinajstić information content (AvgIpc) is 2.94. The molecule has 0 unspecified atom stereocenters. The highest BCUT2D eigenvalue weighted by Crippen LogP contribution is 2.72. The molecule has 3 fully saturated rings. The first-order chi connectivity index (χ1) is 14.6. The lowest BCUT2D eigenvalue weighted by Gasteiger charge is -2.62. The Kier molecular flexibility index (Phi) is 6.50. The van der Waals surface area contributed by atoms with E-state index in [9.17, 15) is 5.11 Å². The number of ether oxygens (including phenoxy) is 1. The van der Waals surface area contributed by atoms with E-state index in [4.69, 9.17) is 4.74 Å². The number of hydrogen-bond acceptors (Lipinski definition) is 2. The Balaban J connectivity index is 1.60. The smallest absolute Gasteiger partial charge is 0.0639 e. The zero-order valence-corrected chi connectivity index (χ0v) is 21.5. The third-order valence-electron chi connectivity index (χ3n) is 11.4. The van der Waals surface area contributed by atoms with Crippen LogP contribution in [0, 0.1) is 45.8 Å². The molecule has 0 aromatic rings. The number of allylic oxidation sites excluding steroid dienone is 1. The fourth-order valence-corrected chi connectivity index (χ4v) is 9.07. The minimum atomic E-state index is -0.181. The topological polar surface area (TPSA) is 29.5 Å². The first kappa shape index (κ1) is 23.8. The summed E-state index contributed by atoms with van der Waals surface area (Å²) >= 11 is 0. The van der Waals surface area contributed by atoms with E-state index in [2.05, 4.69) is 47.6 Å². The molecule has 2 heteroatoms. The van der Waals surface area contributed by atoms with Gasteiger partial charge in [-0.25, -0.2) is 0 Å². The van der Waals surface area contributed by atoms with E-state index in [0.717, 1.165) is 18.3 Å². The van der Waals surface area contributed by atoms with Crippen LogP contribution in [0.1, 0.15) is 106 Å². The van der Waals surface area contributed by atoms with Crippen molar-refractivity contribution in [2.75, 3.05) is 7.11 Å². The van der Waals surface area contributed by atoms with Gasteiger partial charge in [-0.05, 0) is 85.4 Å². The molecule has 178 valence electrons. The monoisotopic (exact) mass is 430 g/mol. The maximum atomic E-state index is 11.6. The molecule has 31 heavy (non-hydrogen) atoms. The van der Waals surface area contributed by atoms with Crippen LogP contribution in [0.2, 0.25) is 0 Å². The fraction of sp³-hybridized carbons (Fsp3) is 0.931. The van der Waals surface area contributed by atoms with Crippen molar-refractivity contribution in [3.05, 3.63) is 11.6 Å². The van der Waals surface area contributed by atoms with Gasteiger partial charge in [0.25, 0.3) is 0 Å². The van der Waals surface area contributed by atoms with Crippen molar-refractivity contribution in [2.24, 2.45) is 45.8 Å². The summed E-state index contributed by atoms with van der Waals surface area (Å²) in [4.78, 5) is 0. The molecule has 0 spiro atoms. The summed E-state index contributed by atoms with van der Waals surface area (Å²) in [5, 5.41) is 11.6. The second kappa shape index (κ2) is 8.46. The highest BCUT2D eigenvalue weighted by atomic mass is 16.5. The Morgan fingerprint density at radius 1 is 1.06 bits per heavy atom. The molecule has 4 aliphatic carbocycles. The molecule has 0 aliphatic heterocycles. The predicted octanol–water partition coefficient (Wildman–Crippen LogP) is 7.40. The van der Waals surface area contributed by atoms with Gasteiger partial charge in [0.15, 0.2) is 0 Å². The molecule has 0 radical (unpaired) electrons. The predicted molar refractivity (Wildman–Crippen MR) is 130 cm³/mol. The van der Waals surface area contributed by atoms with Gasteiger partial charge in [0.2, 0.25) is 0 Å². The zero-order chi connectivity index (χ0) is 22.6. The Morgan fingerprint density at radius 3 is 2.48 bits per heavy atom. The van der Waals surface area contributed by atoms with Crippen LogP contribution in [-0.4, -0.2) is 24.4 Å². The summed E-state index contributed by atoms with van der Waals surface area (Å²) in [7, 11) is 1.89. The molecular formula is C29H50O2. The quantitative estimate of drug-likeness (QED) is 0.445. The molecule has 0 amide bonds. The summed E-state index contributed by atoms with van der Waals surface area (Å²) in [6, 6.07) is 0. The Morgan fingerprint density at radius 2 is 1.81 bits per heavy atom. The minimum Gasteiger partial charge on any atom is -0.392 e. The molecule has 2 nitrogen and oxygen atoms in total. The number of aliphatic hydroxyl groups excluding tert-OH is 1. The summed E-state index contributed by atoms with van der Waals surface area (Å²) in [5.74, 6) is 3.56. The van der Waals surface area contributed by atoms with Crippen LogP contribution in [0.5, 0.6) is 0 Å². The van der Waals surface area contributed by atoms with Gasteiger partial charge in [0.05, 0.1) is 12.2 Å². The second-order valence-electron chi connectivity index (χ2n) is 13.1. The molecule has 0 aromatic heterocycles. The van der Waals surface area contributed by atoms with Crippen LogP contribution in [0.3, 0.4) is 0 Å². The third kappa shape index (κ3) is 3.58. The maximum Gasteiger partial charge on any atom is 0.0639 e. The van der Waals surface area contributed by atoms with Crippen molar-refractivity contribution in [3.63, 3.8) is 0 Å². The standard InChI is InChI=1S/C29H50O2/c1-19(2)9-8-10-20(3)25-18-26(30)29(6)24-12-11-21-17-22(31-7)13-15-27(21,4)23(24)14-16-28(25,29)5/h12,19-23,25-26,30H,8-11,13-18H2,1-7H3/t20-,21+,22+,23+,25-,26-,27+,28-,29-/m1/s1. The number of hydrogen-bond donors (Lipinski definition) is 1. The Labute approximate surface area is 192 Å². The number of aliphatic hydroxyl groups is 1. The van der Waals surface area contributed by atoms with Gasteiger partial charge in [-0.1, -0.05) is 72.5 Å². The number of fused-ring (bicyclic) bond motifs is 5. The van der Waals surface area contributed by atoms with E-state index in [1.807, 2.05) is 7.11 Å². The van der Waals surface area contributed by atoms with E-state index < -0.39 is 0 Å². The fourth-order valence-electron chi connectivity index (χ4n) is 9.07. The molecular weight excluding hydrogens is 380 g/mol. The first-order valence-electron chi connectivity index (χ1n) is 13.5. The van der Waals surface area contributed by atoms with Crippen molar-refractivity contribution in [2.45, 2.75) is 118 Å². The molecule has 4 aliphatic rings. The molecule has 3 saturated carbocycles. The van der Waals surface area contributed by atoms with Crippen LogP contribution in [-0.2, 0) is 4.74 Å². The van der Waals surface area contributed by atoms with E-state index in [-0.39, 0.29) is 16.9 Å². The maximum absolute atomic E-state index is 11.6. The Hall–Kier alpha value is -0.340. The van der Waals surface area contributed by atoms with Gasteiger partial charge in [-0.15, -0.1) is 0 Å². The van der Waals surface area contributed by atoms with Crippen LogP contribution in [0.25, 0.3) is 0 Å².